The van der Waals surface area contributed by atoms with E-state index in [4.69, 9.17) is 4.42 Å². The van der Waals surface area contributed by atoms with E-state index in [9.17, 15) is 0 Å². The van der Waals surface area contributed by atoms with Crippen LogP contribution in [0, 0.1) is 0 Å². The summed E-state index contributed by atoms with van der Waals surface area (Å²) in [7, 11) is 0. The second-order valence-corrected chi connectivity index (χ2v) is 10.3. The molecule has 0 saturated carbocycles. The molecule has 0 amide bonds. The van der Waals surface area contributed by atoms with Gasteiger partial charge in [0, 0.05) is 44.7 Å². The molecule has 0 saturated heterocycles. The predicted molar refractivity (Wildman–Crippen MR) is 163 cm³/mol. The molecule has 3 heterocycles. The van der Waals surface area contributed by atoms with Crippen molar-refractivity contribution in [1.29, 1.82) is 0 Å². The van der Waals surface area contributed by atoms with Crippen molar-refractivity contribution in [2.75, 3.05) is 0 Å². The Labute approximate surface area is 223 Å². The van der Waals surface area contributed by atoms with Crippen molar-refractivity contribution < 1.29 is 4.42 Å². The van der Waals surface area contributed by atoms with Crippen molar-refractivity contribution in [1.82, 2.24) is 8.80 Å². The van der Waals surface area contributed by atoms with E-state index in [1.54, 1.807) is 0 Å². The van der Waals surface area contributed by atoms with Crippen molar-refractivity contribution in [2.45, 2.75) is 0 Å². The number of aromatic nitrogens is 2. The summed E-state index contributed by atoms with van der Waals surface area (Å²) in [6, 6.07) is 47.8. The highest BCUT2D eigenvalue weighted by Crippen LogP contribution is 2.33. The lowest BCUT2D eigenvalue weighted by atomic mass is 10.1. The lowest BCUT2D eigenvalue weighted by Gasteiger charge is -2.02. The first kappa shape index (κ1) is 20.7. The molecule has 3 nitrogen and oxygen atoms in total. The number of fused-ring (bicyclic) bond motifs is 15. The molecule has 0 atom stereocenters. The summed E-state index contributed by atoms with van der Waals surface area (Å²) < 4.78 is 11.3. The fraction of sp³-hybridized carbons (Fsp3) is 0. The van der Waals surface area contributed by atoms with Crippen molar-refractivity contribution in [3.63, 3.8) is 0 Å². The van der Waals surface area contributed by atoms with E-state index in [0.29, 0.717) is 0 Å². The minimum atomic E-state index is 0.820. The van der Waals surface area contributed by atoms with E-state index >= 15 is 0 Å². The highest BCUT2D eigenvalue weighted by molar-refractivity contribution is 6.11. The molecule has 6 aromatic carbocycles. The lowest BCUT2D eigenvalue weighted by Crippen LogP contribution is -1.85. The van der Waals surface area contributed by atoms with E-state index in [1.165, 1.54) is 43.4 Å². The maximum atomic E-state index is 6.55. The van der Waals surface area contributed by atoms with Gasteiger partial charge >= 0.3 is 0 Å². The molecule has 0 aliphatic carbocycles. The first-order valence-electron chi connectivity index (χ1n) is 13.3. The van der Waals surface area contributed by atoms with Crippen LogP contribution in [-0.4, -0.2) is 8.80 Å². The molecular weight excluding hydrogens is 476 g/mol. The van der Waals surface area contributed by atoms with Gasteiger partial charge in [-0.2, -0.15) is 0 Å². The Hall–Kier alpha value is -5.28. The summed E-state index contributed by atoms with van der Waals surface area (Å²) in [5.41, 5.74) is 8.53. The summed E-state index contributed by atoms with van der Waals surface area (Å²) in [5, 5.41) is 7.26. The Balaban J connectivity index is 1.60. The molecule has 8 bridgehead atoms. The first-order valence-corrected chi connectivity index (χ1v) is 13.3. The maximum absolute atomic E-state index is 6.55. The van der Waals surface area contributed by atoms with E-state index in [-0.39, 0.29) is 0 Å². The number of rotatable bonds is 0. The van der Waals surface area contributed by atoms with Crippen LogP contribution in [0.4, 0.5) is 0 Å². The van der Waals surface area contributed by atoms with Crippen molar-refractivity contribution in [3.8, 4) is 0 Å². The van der Waals surface area contributed by atoms with Gasteiger partial charge in [-0.05, 0) is 71.4 Å². The summed E-state index contributed by atoms with van der Waals surface area (Å²) in [4.78, 5) is 0. The largest absolute Gasteiger partial charge is 0.457 e. The van der Waals surface area contributed by atoms with Gasteiger partial charge < -0.3 is 13.2 Å². The summed E-state index contributed by atoms with van der Waals surface area (Å²) in [5.74, 6) is 0. The predicted octanol–water partition coefficient (Wildman–Crippen LogP) is 9.83. The fourth-order valence-electron chi connectivity index (χ4n) is 6.37. The molecule has 0 fully saturated rings. The molecule has 39 heavy (non-hydrogen) atoms. The summed E-state index contributed by atoms with van der Waals surface area (Å²) >= 11 is 0. The van der Waals surface area contributed by atoms with Gasteiger partial charge in [0.25, 0.3) is 0 Å². The standard InChI is InChI=1S/C36H22N2O/c1-3-13-33-29(11-1)31-17-15-27-21-35(31)37(33)25-9-5-7-23(19-25)24-8-6-10-26(20-24)38-34-14-4-2-12-30(34)32-18-16-28(39-27)22-36(32)38/h1-22H. The molecule has 0 unspecified atom stereocenters. The maximum Gasteiger partial charge on any atom is 0.129 e. The van der Waals surface area contributed by atoms with Crippen LogP contribution in [-0.2, 0) is 0 Å². The van der Waals surface area contributed by atoms with E-state index in [1.807, 2.05) is 0 Å². The SMILES string of the molecule is c1ccc2c(c1)c1ccc3cc1n2c1cccc(c1)c1cccc(c1)n1c2ccccc2c2ccc(cc21)o3. The molecule has 0 N–H and O–H groups in total. The zero-order valence-corrected chi connectivity index (χ0v) is 21.0. The van der Waals surface area contributed by atoms with Crippen LogP contribution in [0.15, 0.2) is 138 Å². The Kier molecular flexibility index (Phi) is 4.05. The number of hydrogen-bond acceptors (Lipinski definition) is 1. The van der Waals surface area contributed by atoms with E-state index in [2.05, 4.69) is 142 Å². The van der Waals surface area contributed by atoms with Crippen LogP contribution in [0.3, 0.4) is 0 Å². The Morgan fingerprint density at radius 3 is 1.33 bits per heavy atom. The smallest absolute Gasteiger partial charge is 0.129 e. The average molecular weight is 499 g/mol. The van der Waals surface area contributed by atoms with Gasteiger partial charge in [-0.3, -0.25) is 0 Å². The molecule has 3 heteroatoms. The lowest BCUT2D eigenvalue weighted by molar-refractivity contribution is 0.656. The molecule has 9 aromatic rings. The van der Waals surface area contributed by atoms with Crippen molar-refractivity contribution in [2.24, 2.45) is 0 Å². The third-order valence-electron chi connectivity index (χ3n) is 8.07. The second-order valence-electron chi connectivity index (χ2n) is 10.3. The third-order valence-corrected chi connectivity index (χ3v) is 8.07. The van der Waals surface area contributed by atoms with Crippen molar-refractivity contribution >= 4 is 76.6 Å². The molecule has 0 spiro atoms. The molecule has 0 radical (unpaired) electrons. The Morgan fingerprint density at radius 1 is 0.359 bits per heavy atom. The van der Waals surface area contributed by atoms with Crippen LogP contribution in [0.5, 0.6) is 0 Å². The summed E-state index contributed by atoms with van der Waals surface area (Å²) in [6.45, 7) is 0. The third kappa shape index (κ3) is 2.93. The van der Waals surface area contributed by atoms with Gasteiger partial charge in [0.05, 0.1) is 22.1 Å². The zero-order valence-electron chi connectivity index (χ0n) is 21.0. The molecule has 182 valence electrons. The normalized spacial score (nSPS) is 12.1. The average Bonchev–Trinajstić information content (AvgIpc) is 3.49. The van der Waals surface area contributed by atoms with Crippen LogP contribution in [0.2, 0.25) is 0 Å². The Bertz CT molecular complexity index is 2330. The van der Waals surface area contributed by atoms with Gasteiger partial charge in [0.1, 0.15) is 11.2 Å². The van der Waals surface area contributed by atoms with Crippen LogP contribution in [0.25, 0.3) is 76.6 Å². The van der Waals surface area contributed by atoms with Gasteiger partial charge in [0.2, 0.25) is 0 Å². The van der Waals surface area contributed by atoms with Gasteiger partial charge in [-0.15, -0.1) is 0 Å². The molecule has 3 aromatic heterocycles. The molecule has 9 rings (SSSR count). The van der Waals surface area contributed by atoms with E-state index in [0.717, 1.165) is 33.2 Å². The van der Waals surface area contributed by atoms with Crippen LogP contribution < -0.4 is 0 Å². The summed E-state index contributed by atoms with van der Waals surface area (Å²) in [6.07, 6.45) is 0. The molecule has 0 aliphatic heterocycles. The number of benzene rings is 6. The van der Waals surface area contributed by atoms with Crippen LogP contribution >= 0.6 is 0 Å². The van der Waals surface area contributed by atoms with Crippen molar-refractivity contribution in [3.05, 3.63) is 133 Å². The quantitative estimate of drug-likeness (QED) is 0.204. The highest BCUT2D eigenvalue weighted by atomic mass is 16.3. The topological polar surface area (TPSA) is 22.0 Å². The fourth-order valence-corrected chi connectivity index (χ4v) is 6.37. The van der Waals surface area contributed by atoms with Gasteiger partial charge in [-0.25, -0.2) is 0 Å². The molecule has 0 aliphatic rings. The monoisotopic (exact) mass is 498 g/mol. The minimum Gasteiger partial charge on any atom is -0.457 e. The Morgan fingerprint density at radius 2 is 0.821 bits per heavy atom. The molecular formula is C36H22N2O. The number of hydrogen-bond donors (Lipinski definition) is 0. The second kappa shape index (κ2) is 7.62. The zero-order chi connectivity index (χ0) is 25.5. The number of nitrogens with zero attached hydrogens (tertiary/aromatic N) is 2. The van der Waals surface area contributed by atoms with Gasteiger partial charge in [-0.1, -0.05) is 60.7 Å². The highest BCUT2D eigenvalue weighted by Gasteiger charge is 2.11. The van der Waals surface area contributed by atoms with E-state index < -0.39 is 0 Å². The van der Waals surface area contributed by atoms with Gasteiger partial charge in [0.15, 0.2) is 0 Å². The number of para-hydroxylation sites is 2. The minimum absolute atomic E-state index is 0.820. The first-order chi connectivity index (χ1) is 19.3. The van der Waals surface area contributed by atoms with Crippen LogP contribution in [0.1, 0.15) is 0 Å².